The number of nitrogens with one attached hydrogen (secondary N) is 2. The fourth-order valence-electron chi connectivity index (χ4n) is 4.30. The molecule has 0 spiro atoms. The normalized spacial score (nSPS) is 17.6. The standard InChI is InChI=1S/C24H32F2N5O4P/c1-30(34)13-20(32)28-21-19(10-8-15-5-6-15)29-31-12-17(27-23(33)22(21)31)9-7-16-3-2-4-18(11-16)35-14-24(25,26)36/h2-4,11,15,17,34H,5-10,12-14,36H2,1H3,(H,27,33)(H,28,32). The van der Waals surface area contributed by atoms with Gasteiger partial charge in [-0.3, -0.25) is 14.3 Å². The summed E-state index contributed by atoms with van der Waals surface area (Å²) in [5.41, 5.74) is -0.675. The molecule has 1 saturated carbocycles. The van der Waals surface area contributed by atoms with Gasteiger partial charge in [-0.2, -0.15) is 18.9 Å². The lowest BCUT2D eigenvalue weighted by atomic mass is 10.0. The second-order valence-corrected chi connectivity index (χ2v) is 10.4. The van der Waals surface area contributed by atoms with E-state index in [2.05, 4.69) is 15.7 Å². The van der Waals surface area contributed by atoms with Crippen LogP contribution in [0.1, 0.15) is 47.4 Å². The van der Waals surface area contributed by atoms with Gasteiger partial charge in [-0.25, -0.2) is 0 Å². The lowest BCUT2D eigenvalue weighted by molar-refractivity contribution is -0.128. The Balaban J connectivity index is 1.43. The lowest BCUT2D eigenvalue weighted by Crippen LogP contribution is -2.45. The molecule has 36 heavy (non-hydrogen) atoms. The molecule has 3 N–H and O–H groups in total. The second kappa shape index (κ2) is 11.2. The maximum Gasteiger partial charge on any atom is 0.291 e. The number of nitrogens with zero attached hydrogens (tertiary/aromatic N) is 3. The van der Waals surface area contributed by atoms with Gasteiger partial charge in [-0.15, -0.1) is 0 Å². The molecule has 2 amide bonds. The highest BCUT2D eigenvalue weighted by atomic mass is 31.0. The number of anilines is 1. The van der Waals surface area contributed by atoms with Crippen LogP contribution in [-0.4, -0.2) is 63.8 Å². The van der Waals surface area contributed by atoms with Gasteiger partial charge in [0.15, 0.2) is 6.61 Å². The molecule has 2 atom stereocenters. The van der Waals surface area contributed by atoms with Crippen LogP contribution in [0.15, 0.2) is 24.3 Å². The van der Waals surface area contributed by atoms with Gasteiger partial charge in [0.05, 0.1) is 17.9 Å². The van der Waals surface area contributed by atoms with E-state index in [1.807, 2.05) is 6.07 Å². The van der Waals surface area contributed by atoms with Crippen molar-refractivity contribution in [3.63, 3.8) is 0 Å². The summed E-state index contributed by atoms with van der Waals surface area (Å²) in [4.78, 5) is 25.4. The van der Waals surface area contributed by atoms with E-state index < -0.39 is 18.2 Å². The Kier molecular flexibility index (Phi) is 8.22. The number of fused-ring (bicyclic) bond motifs is 1. The van der Waals surface area contributed by atoms with Crippen molar-refractivity contribution in [2.75, 3.05) is 25.5 Å². The van der Waals surface area contributed by atoms with Crippen LogP contribution in [0.2, 0.25) is 0 Å². The Bertz CT molecular complexity index is 1100. The first-order valence-corrected chi connectivity index (χ1v) is 12.6. The minimum atomic E-state index is -2.99. The highest BCUT2D eigenvalue weighted by Gasteiger charge is 2.32. The number of halogens is 2. The predicted molar refractivity (Wildman–Crippen MR) is 132 cm³/mol. The van der Waals surface area contributed by atoms with Gasteiger partial charge in [0.2, 0.25) is 5.91 Å². The van der Waals surface area contributed by atoms with Gasteiger partial charge >= 0.3 is 0 Å². The van der Waals surface area contributed by atoms with E-state index in [1.165, 1.54) is 29.1 Å². The fraction of sp³-hybridized carbons (Fsp3) is 0.542. The Hall–Kier alpha value is -2.62. The number of aryl methyl sites for hydroxylation is 2. The fourth-order valence-corrected chi connectivity index (χ4v) is 4.38. The molecule has 1 aromatic heterocycles. The topological polar surface area (TPSA) is 109 Å². The molecule has 1 aromatic carbocycles. The van der Waals surface area contributed by atoms with Crippen molar-refractivity contribution >= 4 is 26.7 Å². The van der Waals surface area contributed by atoms with Crippen LogP contribution >= 0.6 is 9.24 Å². The number of alkyl halides is 2. The molecule has 1 aliphatic carbocycles. The van der Waals surface area contributed by atoms with E-state index in [1.54, 1.807) is 22.9 Å². The Morgan fingerprint density at radius 3 is 2.83 bits per heavy atom. The first kappa shape index (κ1) is 26.4. The average molecular weight is 524 g/mol. The van der Waals surface area contributed by atoms with Crippen LogP contribution in [0.25, 0.3) is 0 Å². The first-order valence-electron chi connectivity index (χ1n) is 12.1. The zero-order valence-electron chi connectivity index (χ0n) is 20.2. The summed E-state index contributed by atoms with van der Waals surface area (Å²) in [6.07, 6.45) is 5.22. The zero-order valence-corrected chi connectivity index (χ0v) is 21.3. The SMILES string of the molecule is CN(O)CC(=O)Nc1c(CCC2CC2)nn2c1C(=O)NC(CCc1cccc(OCC(F)(F)P)c1)C2. The van der Waals surface area contributed by atoms with E-state index >= 15 is 0 Å². The second-order valence-electron chi connectivity index (χ2n) is 9.60. The van der Waals surface area contributed by atoms with E-state index in [4.69, 9.17) is 4.74 Å². The van der Waals surface area contributed by atoms with Crippen LogP contribution in [0.3, 0.4) is 0 Å². The van der Waals surface area contributed by atoms with Crippen molar-refractivity contribution in [3.05, 3.63) is 41.2 Å². The van der Waals surface area contributed by atoms with Crippen LogP contribution in [-0.2, 0) is 24.2 Å². The first-order chi connectivity index (χ1) is 17.1. The molecular formula is C24H32F2N5O4P. The maximum absolute atomic E-state index is 13.1. The molecule has 1 fully saturated rings. The third-order valence-corrected chi connectivity index (χ3v) is 6.37. The minimum absolute atomic E-state index is 0.186. The van der Waals surface area contributed by atoms with Gasteiger partial charge in [0.1, 0.15) is 18.0 Å². The molecule has 4 rings (SSSR count). The summed E-state index contributed by atoms with van der Waals surface area (Å²) in [7, 11) is 2.83. The van der Waals surface area contributed by atoms with E-state index in [0.717, 1.165) is 17.0 Å². The summed E-state index contributed by atoms with van der Waals surface area (Å²) >= 11 is 0. The Morgan fingerprint density at radius 2 is 2.14 bits per heavy atom. The molecule has 12 heteroatoms. The quantitative estimate of drug-likeness (QED) is 0.292. The molecule has 2 aliphatic rings. The number of carbonyl (C=O) groups excluding carboxylic acids is 2. The number of hydrogen-bond acceptors (Lipinski definition) is 6. The number of likely N-dealkylation sites (N-methyl/N-ethyl adjacent to an activating group) is 1. The predicted octanol–water partition coefficient (Wildman–Crippen LogP) is 3.08. The van der Waals surface area contributed by atoms with Crippen molar-refractivity contribution in [1.29, 1.82) is 0 Å². The number of rotatable bonds is 12. The molecule has 2 heterocycles. The van der Waals surface area contributed by atoms with Crippen molar-refractivity contribution < 1.29 is 28.3 Å². The minimum Gasteiger partial charge on any atom is -0.487 e. The summed E-state index contributed by atoms with van der Waals surface area (Å²) in [5, 5.41) is 20.6. The van der Waals surface area contributed by atoms with E-state index in [9.17, 15) is 23.6 Å². The maximum atomic E-state index is 13.1. The van der Waals surface area contributed by atoms with Gasteiger partial charge in [0, 0.05) is 13.1 Å². The van der Waals surface area contributed by atoms with Gasteiger partial charge in [-0.05, 0) is 49.3 Å². The molecule has 9 nitrogen and oxygen atoms in total. The molecular weight excluding hydrogens is 491 g/mol. The summed E-state index contributed by atoms with van der Waals surface area (Å²) in [6.45, 7) is -0.504. The van der Waals surface area contributed by atoms with E-state index in [0.29, 0.717) is 54.5 Å². The molecule has 0 saturated heterocycles. The highest BCUT2D eigenvalue weighted by Crippen LogP contribution is 2.35. The largest absolute Gasteiger partial charge is 0.487 e. The summed E-state index contributed by atoms with van der Waals surface area (Å²) in [5.74, 6) is 0.286. The number of aromatic nitrogens is 2. The van der Waals surface area contributed by atoms with Crippen molar-refractivity contribution in [2.24, 2.45) is 5.92 Å². The molecule has 2 unspecified atom stereocenters. The van der Waals surface area contributed by atoms with Gasteiger partial charge < -0.3 is 20.6 Å². The number of hydrogen-bond donors (Lipinski definition) is 3. The molecule has 2 aromatic rings. The third kappa shape index (κ3) is 7.44. The van der Waals surface area contributed by atoms with Crippen molar-refractivity contribution in [3.8, 4) is 5.75 Å². The summed E-state index contributed by atoms with van der Waals surface area (Å²) in [6, 6.07) is 6.81. The van der Waals surface area contributed by atoms with Crippen molar-refractivity contribution in [2.45, 2.75) is 56.8 Å². The number of benzene rings is 1. The summed E-state index contributed by atoms with van der Waals surface area (Å²) < 4.78 is 32.9. The number of carbonyl (C=O) groups is 2. The number of ether oxygens (including phenoxy) is 1. The zero-order chi connectivity index (χ0) is 25.9. The third-order valence-electron chi connectivity index (χ3n) is 6.20. The highest BCUT2D eigenvalue weighted by molar-refractivity contribution is 7.18. The monoisotopic (exact) mass is 523 g/mol. The smallest absolute Gasteiger partial charge is 0.291 e. The molecule has 0 bridgehead atoms. The number of hydroxylamine groups is 2. The Labute approximate surface area is 210 Å². The lowest BCUT2D eigenvalue weighted by Gasteiger charge is -2.25. The average Bonchev–Trinajstić information content (AvgIpc) is 3.56. The molecule has 0 radical (unpaired) electrons. The molecule has 1 aliphatic heterocycles. The van der Waals surface area contributed by atoms with E-state index in [-0.39, 0.29) is 18.5 Å². The van der Waals surface area contributed by atoms with Crippen LogP contribution < -0.4 is 15.4 Å². The van der Waals surface area contributed by atoms with Crippen LogP contribution in [0.4, 0.5) is 14.5 Å². The van der Waals surface area contributed by atoms with Crippen molar-refractivity contribution in [1.82, 2.24) is 20.2 Å². The van der Waals surface area contributed by atoms with Gasteiger partial charge in [-0.1, -0.05) is 34.2 Å². The van der Waals surface area contributed by atoms with Crippen LogP contribution in [0, 0.1) is 5.92 Å². The number of amides is 2. The Morgan fingerprint density at radius 1 is 1.36 bits per heavy atom. The van der Waals surface area contributed by atoms with Gasteiger partial charge in [0.25, 0.3) is 11.6 Å². The van der Waals surface area contributed by atoms with Crippen LogP contribution in [0.5, 0.6) is 5.75 Å². The molecule has 196 valence electrons.